The van der Waals surface area contributed by atoms with Gasteiger partial charge in [0.1, 0.15) is 12.4 Å². The van der Waals surface area contributed by atoms with Gasteiger partial charge in [-0.1, -0.05) is 87.9 Å². The molecule has 0 saturated carbocycles. The first kappa shape index (κ1) is 28.6. The van der Waals surface area contributed by atoms with Crippen LogP contribution in [0.3, 0.4) is 0 Å². The Morgan fingerprint density at radius 2 is 1.49 bits per heavy atom. The smallest absolute Gasteiger partial charge is 0.164 e. The van der Waals surface area contributed by atoms with Crippen molar-refractivity contribution in [1.29, 1.82) is 0 Å². The second-order valence-electron chi connectivity index (χ2n) is 9.28. The first-order valence-corrected chi connectivity index (χ1v) is 12.6. The molecule has 0 radical (unpaired) electrons. The quantitative estimate of drug-likeness (QED) is 0.231. The van der Waals surface area contributed by atoms with Crippen molar-refractivity contribution in [2.75, 3.05) is 26.2 Å². The summed E-state index contributed by atoms with van der Waals surface area (Å²) in [5.41, 5.74) is 3.64. The van der Waals surface area contributed by atoms with E-state index in [2.05, 4.69) is 49.9 Å². The van der Waals surface area contributed by atoms with Crippen molar-refractivity contribution < 1.29 is 9.53 Å². The van der Waals surface area contributed by atoms with Crippen molar-refractivity contribution in [3.8, 4) is 5.75 Å². The van der Waals surface area contributed by atoms with E-state index in [1.165, 1.54) is 12.8 Å². The monoisotopic (exact) mass is 493 g/mol. The van der Waals surface area contributed by atoms with Crippen LogP contribution in [0.5, 0.6) is 5.75 Å². The number of Topliss-reactive ketones (excluding diaryl/α,β-unsaturated/α-hetero) is 1. The van der Waals surface area contributed by atoms with Crippen molar-refractivity contribution in [2.45, 2.75) is 52.4 Å². The van der Waals surface area contributed by atoms with Crippen LogP contribution in [-0.4, -0.2) is 36.9 Å². The standard InChI is InChI=1S/C31H39NO2.ClH/c1-5-7-20-32(6-2)21-22-34-30-19-18-26(23-25(30)3)29(33)24-31(4,27-14-10-8-11-15-27)28-16-12-9-13-17-28;/h8-19,23H,5-7,20-22,24H2,1-4H3;1H. The maximum Gasteiger partial charge on any atom is 0.164 e. The summed E-state index contributed by atoms with van der Waals surface area (Å²) < 4.78 is 6.07. The van der Waals surface area contributed by atoms with Gasteiger partial charge in [-0.2, -0.15) is 0 Å². The molecule has 0 atom stereocenters. The fourth-order valence-electron chi connectivity index (χ4n) is 4.49. The lowest BCUT2D eigenvalue weighted by atomic mass is 9.72. The Balaban J connectivity index is 0.00000432. The van der Waals surface area contributed by atoms with E-state index in [4.69, 9.17) is 4.74 Å². The van der Waals surface area contributed by atoms with Gasteiger partial charge in [-0.3, -0.25) is 4.79 Å². The van der Waals surface area contributed by atoms with Gasteiger partial charge in [0.15, 0.2) is 5.78 Å². The highest BCUT2D eigenvalue weighted by molar-refractivity contribution is 5.97. The average Bonchev–Trinajstić information content (AvgIpc) is 2.87. The molecule has 3 aromatic rings. The molecule has 0 unspecified atom stereocenters. The number of hydrogen-bond donors (Lipinski definition) is 0. The molecular formula is C31H40ClNO2. The van der Waals surface area contributed by atoms with Crippen LogP contribution in [0.1, 0.15) is 67.1 Å². The van der Waals surface area contributed by atoms with Gasteiger partial charge >= 0.3 is 0 Å². The third-order valence-electron chi connectivity index (χ3n) is 6.77. The largest absolute Gasteiger partial charge is 0.492 e. The molecule has 3 nitrogen and oxygen atoms in total. The van der Waals surface area contributed by atoms with Crippen LogP contribution < -0.4 is 4.74 Å². The molecule has 3 rings (SSSR count). The normalized spacial score (nSPS) is 11.2. The second kappa shape index (κ2) is 14.1. The number of benzene rings is 3. The molecule has 0 aliphatic carbocycles. The lowest BCUT2D eigenvalue weighted by Crippen LogP contribution is -2.29. The van der Waals surface area contributed by atoms with E-state index in [1.807, 2.05) is 61.5 Å². The number of unbranched alkanes of at least 4 members (excludes halogenated alkanes) is 1. The summed E-state index contributed by atoms with van der Waals surface area (Å²) >= 11 is 0. The van der Waals surface area contributed by atoms with Crippen LogP contribution >= 0.6 is 12.4 Å². The zero-order valence-corrected chi connectivity index (χ0v) is 22.4. The summed E-state index contributed by atoms with van der Waals surface area (Å²) in [6, 6.07) is 26.5. The van der Waals surface area contributed by atoms with Crippen molar-refractivity contribution in [3.05, 3.63) is 101 Å². The summed E-state index contributed by atoms with van der Waals surface area (Å²) in [4.78, 5) is 15.9. The highest BCUT2D eigenvalue weighted by atomic mass is 35.5. The topological polar surface area (TPSA) is 29.5 Å². The predicted molar refractivity (Wildman–Crippen MR) is 149 cm³/mol. The Labute approximate surface area is 217 Å². The van der Waals surface area contributed by atoms with E-state index >= 15 is 0 Å². The highest BCUT2D eigenvalue weighted by Crippen LogP contribution is 2.36. The van der Waals surface area contributed by atoms with Gasteiger partial charge in [-0.25, -0.2) is 0 Å². The van der Waals surface area contributed by atoms with E-state index in [1.54, 1.807) is 0 Å². The van der Waals surface area contributed by atoms with E-state index in [-0.39, 0.29) is 18.2 Å². The summed E-state index contributed by atoms with van der Waals surface area (Å²) in [7, 11) is 0. The first-order chi connectivity index (χ1) is 16.5. The molecule has 0 fully saturated rings. The number of carbonyl (C=O) groups excluding carboxylic acids is 1. The fourth-order valence-corrected chi connectivity index (χ4v) is 4.49. The lowest BCUT2D eigenvalue weighted by Gasteiger charge is -2.30. The van der Waals surface area contributed by atoms with Gasteiger partial charge in [0.2, 0.25) is 0 Å². The van der Waals surface area contributed by atoms with Crippen molar-refractivity contribution >= 4 is 18.2 Å². The average molecular weight is 494 g/mol. The number of rotatable bonds is 13. The molecule has 0 aliphatic rings. The third-order valence-corrected chi connectivity index (χ3v) is 6.77. The summed E-state index contributed by atoms with van der Waals surface area (Å²) in [6.45, 7) is 12.3. The lowest BCUT2D eigenvalue weighted by molar-refractivity contribution is 0.0962. The molecule has 0 aliphatic heterocycles. The Bertz CT molecular complexity index is 997. The minimum atomic E-state index is -0.398. The van der Waals surface area contributed by atoms with Crippen LogP contribution in [-0.2, 0) is 5.41 Å². The van der Waals surface area contributed by atoms with Crippen LogP contribution in [0.4, 0.5) is 0 Å². The molecule has 4 heteroatoms. The Morgan fingerprint density at radius 1 is 0.886 bits per heavy atom. The van der Waals surface area contributed by atoms with Gasteiger partial charge in [0.25, 0.3) is 0 Å². The van der Waals surface area contributed by atoms with Crippen LogP contribution in [0.15, 0.2) is 78.9 Å². The third kappa shape index (κ3) is 7.68. The zero-order valence-electron chi connectivity index (χ0n) is 21.6. The van der Waals surface area contributed by atoms with Crippen LogP contribution in [0, 0.1) is 6.92 Å². The molecule has 0 bridgehead atoms. The van der Waals surface area contributed by atoms with Crippen molar-refractivity contribution in [3.63, 3.8) is 0 Å². The van der Waals surface area contributed by atoms with E-state index in [0.29, 0.717) is 13.0 Å². The molecule has 188 valence electrons. The number of ketones is 1. The number of aryl methyl sites for hydroxylation is 1. The van der Waals surface area contributed by atoms with E-state index in [9.17, 15) is 4.79 Å². The number of ether oxygens (including phenoxy) is 1. The van der Waals surface area contributed by atoms with E-state index < -0.39 is 5.41 Å². The maximum absolute atomic E-state index is 13.5. The number of nitrogens with zero attached hydrogens (tertiary/aromatic N) is 1. The maximum atomic E-state index is 13.5. The van der Waals surface area contributed by atoms with E-state index in [0.717, 1.165) is 47.6 Å². The van der Waals surface area contributed by atoms with Crippen LogP contribution in [0.2, 0.25) is 0 Å². The molecule has 0 amide bonds. The van der Waals surface area contributed by atoms with Gasteiger partial charge in [0.05, 0.1) is 0 Å². The SMILES string of the molecule is CCCCN(CC)CCOc1ccc(C(=O)CC(C)(c2ccccc2)c2ccccc2)cc1C.Cl. The molecule has 35 heavy (non-hydrogen) atoms. The fraction of sp³-hybridized carbons (Fsp3) is 0.387. The number of carbonyl (C=O) groups is 1. The Hall–Kier alpha value is -2.62. The zero-order chi connectivity index (χ0) is 24.4. The number of hydrogen-bond acceptors (Lipinski definition) is 3. The minimum Gasteiger partial charge on any atom is -0.492 e. The summed E-state index contributed by atoms with van der Waals surface area (Å²) in [5.74, 6) is 0.999. The molecule has 0 saturated heterocycles. The molecule has 0 heterocycles. The first-order valence-electron chi connectivity index (χ1n) is 12.6. The second-order valence-corrected chi connectivity index (χ2v) is 9.28. The summed E-state index contributed by atoms with van der Waals surface area (Å²) in [5, 5.41) is 0. The number of halogens is 1. The summed E-state index contributed by atoms with van der Waals surface area (Å²) in [6.07, 6.45) is 2.83. The van der Waals surface area contributed by atoms with Gasteiger partial charge in [0, 0.05) is 23.9 Å². The van der Waals surface area contributed by atoms with Gasteiger partial charge < -0.3 is 9.64 Å². The molecule has 0 N–H and O–H groups in total. The van der Waals surface area contributed by atoms with Gasteiger partial charge in [-0.15, -0.1) is 12.4 Å². The Kier molecular flexibility index (Phi) is 11.5. The molecular weight excluding hydrogens is 454 g/mol. The van der Waals surface area contributed by atoms with Crippen molar-refractivity contribution in [1.82, 2.24) is 4.90 Å². The minimum absolute atomic E-state index is 0. The molecule has 0 aromatic heterocycles. The van der Waals surface area contributed by atoms with Crippen molar-refractivity contribution in [2.24, 2.45) is 0 Å². The molecule has 3 aromatic carbocycles. The Morgan fingerprint density at radius 3 is 2.00 bits per heavy atom. The predicted octanol–water partition coefficient (Wildman–Crippen LogP) is 7.50. The number of likely N-dealkylation sites (N-methyl/N-ethyl adjacent to an activating group) is 1. The molecule has 0 spiro atoms. The highest BCUT2D eigenvalue weighted by Gasteiger charge is 2.32. The van der Waals surface area contributed by atoms with Gasteiger partial charge in [-0.05, 0) is 61.3 Å². The van der Waals surface area contributed by atoms with Crippen LogP contribution in [0.25, 0.3) is 0 Å².